The topological polar surface area (TPSA) is 40.5 Å². The number of rotatable bonds is 7. The van der Waals surface area contributed by atoms with Gasteiger partial charge in [0.05, 0.1) is 0 Å². The van der Waals surface area contributed by atoms with Crippen LogP contribution in [0.2, 0.25) is 0 Å². The third kappa shape index (κ3) is 3.97. The summed E-state index contributed by atoms with van der Waals surface area (Å²) in [5, 5.41) is 9.07. The Morgan fingerprint density at radius 2 is 1.69 bits per heavy atom. The highest BCUT2D eigenvalue weighted by atomic mass is 16.4. The smallest absolute Gasteiger partial charge is 0.332 e. The van der Waals surface area contributed by atoms with E-state index >= 15 is 0 Å². The lowest BCUT2D eigenvalue weighted by molar-refractivity contribution is -0.133. The van der Waals surface area contributed by atoms with Gasteiger partial charge in [-0.2, -0.15) is 0 Å². The second-order valence-electron chi connectivity index (χ2n) is 4.77. The molecule has 3 heteroatoms. The molecule has 0 saturated carbocycles. The summed E-state index contributed by atoms with van der Waals surface area (Å²) in [7, 11) is 0. The van der Waals surface area contributed by atoms with Gasteiger partial charge in [-0.25, -0.2) is 4.79 Å². The summed E-state index contributed by atoms with van der Waals surface area (Å²) < 4.78 is 0. The van der Waals surface area contributed by atoms with Gasteiger partial charge in [0.25, 0.3) is 0 Å². The summed E-state index contributed by atoms with van der Waals surface area (Å²) in [6, 6.07) is 0.600. The molecular weight excluding hydrogens is 202 g/mol. The minimum absolute atomic E-state index is 0.0532. The molecule has 0 radical (unpaired) electrons. The first-order chi connectivity index (χ1) is 7.32. The molecule has 16 heavy (non-hydrogen) atoms. The Morgan fingerprint density at radius 3 is 1.94 bits per heavy atom. The monoisotopic (exact) mass is 227 g/mol. The molecule has 1 unspecified atom stereocenters. The van der Waals surface area contributed by atoms with Crippen molar-refractivity contribution in [2.45, 2.75) is 65.6 Å². The van der Waals surface area contributed by atoms with Crippen LogP contribution in [0.25, 0.3) is 0 Å². The molecule has 3 nitrogen and oxygen atoms in total. The van der Waals surface area contributed by atoms with E-state index in [9.17, 15) is 4.79 Å². The zero-order chi connectivity index (χ0) is 12.9. The Kier molecular flexibility index (Phi) is 6.34. The van der Waals surface area contributed by atoms with Gasteiger partial charge in [0.2, 0.25) is 0 Å². The number of aliphatic carboxylic acids is 1. The fourth-order valence-corrected chi connectivity index (χ4v) is 2.24. The second kappa shape index (κ2) is 6.69. The Balaban J connectivity index is 4.98. The summed E-state index contributed by atoms with van der Waals surface area (Å²) in [6.45, 7) is 14.2. The predicted molar refractivity (Wildman–Crippen MR) is 67.6 cm³/mol. The Morgan fingerprint density at radius 1 is 1.25 bits per heavy atom. The normalized spacial score (nSPS) is 13.5. The molecule has 0 saturated heterocycles. The highest BCUT2D eigenvalue weighted by molar-refractivity contribution is 5.87. The molecule has 94 valence electrons. The third-order valence-corrected chi connectivity index (χ3v) is 2.79. The molecule has 0 aromatic heterocycles. The SMILES string of the molecule is C=C(C(=O)O)C(CCC)N(C(C)C)C(C)C. The largest absolute Gasteiger partial charge is 0.478 e. The number of hydrogen-bond donors (Lipinski definition) is 1. The highest BCUT2D eigenvalue weighted by Gasteiger charge is 2.28. The van der Waals surface area contributed by atoms with E-state index in [1.54, 1.807) is 0 Å². The van der Waals surface area contributed by atoms with Crippen molar-refractivity contribution in [3.8, 4) is 0 Å². The first-order valence-corrected chi connectivity index (χ1v) is 6.02. The number of hydrogen-bond acceptors (Lipinski definition) is 2. The van der Waals surface area contributed by atoms with Crippen molar-refractivity contribution < 1.29 is 9.90 Å². The molecule has 1 N–H and O–H groups in total. The van der Waals surface area contributed by atoms with Crippen molar-refractivity contribution in [3.05, 3.63) is 12.2 Å². The average molecular weight is 227 g/mol. The van der Waals surface area contributed by atoms with Gasteiger partial charge in [0, 0.05) is 23.7 Å². The quantitative estimate of drug-likeness (QED) is 0.680. The molecule has 0 spiro atoms. The summed E-state index contributed by atoms with van der Waals surface area (Å²) in [4.78, 5) is 13.3. The van der Waals surface area contributed by atoms with Gasteiger partial charge < -0.3 is 5.11 Å². The van der Waals surface area contributed by atoms with E-state index < -0.39 is 5.97 Å². The maximum Gasteiger partial charge on any atom is 0.332 e. The van der Waals surface area contributed by atoms with Crippen LogP contribution in [0.5, 0.6) is 0 Å². The number of carboxylic acids is 1. The minimum atomic E-state index is -0.884. The van der Waals surface area contributed by atoms with Crippen molar-refractivity contribution >= 4 is 5.97 Å². The van der Waals surface area contributed by atoms with E-state index in [1.807, 2.05) is 0 Å². The molecule has 0 heterocycles. The fraction of sp³-hybridized carbons (Fsp3) is 0.769. The molecule has 0 fully saturated rings. The van der Waals surface area contributed by atoms with Gasteiger partial charge >= 0.3 is 5.97 Å². The minimum Gasteiger partial charge on any atom is -0.478 e. The van der Waals surface area contributed by atoms with E-state index in [0.717, 1.165) is 12.8 Å². The van der Waals surface area contributed by atoms with E-state index in [2.05, 4.69) is 46.1 Å². The first-order valence-electron chi connectivity index (χ1n) is 6.02. The molecular formula is C13H25NO2. The van der Waals surface area contributed by atoms with E-state index in [0.29, 0.717) is 17.7 Å². The van der Waals surface area contributed by atoms with Crippen LogP contribution < -0.4 is 0 Å². The predicted octanol–water partition coefficient (Wildman–Crippen LogP) is 2.91. The maximum atomic E-state index is 11.0. The van der Waals surface area contributed by atoms with Crippen LogP contribution in [-0.2, 0) is 4.79 Å². The lowest BCUT2D eigenvalue weighted by Crippen LogP contribution is -2.47. The van der Waals surface area contributed by atoms with E-state index in [-0.39, 0.29) is 6.04 Å². The Hall–Kier alpha value is -0.830. The van der Waals surface area contributed by atoms with Crippen molar-refractivity contribution in [1.82, 2.24) is 4.90 Å². The standard InChI is InChI=1S/C13H25NO2/c1-7-8-12(11(6)13(15)16)14(9(2)3)10(4)5/h9-10,12H,6-8H2,1-5H3,(H,15,16). The van der Waals surface area contributed by atoms with Crippen molar-refractivity contribution in [2.24, 2.45) is 0 Å². The van der Waals surface area contributed by atoms with Crippen LogP contribution in [0, 0.1) is 0 Å². The van der Waals surface area contributed by atoms with Gasteiger partial charge in [0.15, 0.2) is 0 Å². The number of nitrogens with zero attached hydrogens (tertiary/aromatic N) is 1. The molecule has 0 aromatic carbocycles. The molecule has 0 rings (SSSR count). The van der Waals surface area contributed by atoms with Crippen molar-refractivity contribution in [1.29, 1.82) is 0 Å². The summed E-state index contributed by atoms with van der Waals surface area (Å²) in [5.74, 6) is -0.884. The number of carbonyl (C=O) groups is 1. The summed E-state index contributed by atoms with van der Waals surface area (Å²) >= 11 is 0. The molecule has 0 bridgehead atoms. The second-order valence-corrected chi connectivity index (χ2v) is 4.77. The Labute approximate surface area is 99.1 Å². The average Bonchev–Trinajstić information content (AvgIpc) is 2.14. The highest BCUT2D eigenvalue weighted by Crippen LogP contribution is 2.21. The van der Waals surface area contributed by atoms with Gasteiger partial charge in [-0.1, -0.05) is 19.9 Å². The van der Waals surface area contributed by atoms with Crippen molar-refractivity contribution in [2.75, 3.05) is 0 Å². The van der Waals surface area contributed by atoms with Crippen LogP contribution in [-0.4, -0.2) is 34.1 Å². The van der Waals surface area contributed by atoms with E-state index in [4.69, 9.17) is 5.11 Å². The lowest BCUT2D eigenvalue weighted by atomic mass is 9.99. The van der Waals surface area contributed by atoms with Gasteiger partial charge in [-0.05, 0) is 34.1 Å². The van der Waals surface area contributed by atoms with Crippen LogP contribution in [0.1, 0.15) is 47.5 Å². The molecule has 0 aromatic rings. The lowest BCUT2D eigenvalue weighted by Gasteiger charge is -2.38. The molecule has 0 amide bonds. The van der Waals surface area contributed by atoms with Gasteiger partial charge in [0.1, 0.15) is 0 Å². The zero-order valence-corrected chi connectivity index (χ0v) is 11.2. The van der Waals surface area contributed by atoms with Gasteiger partial charge in [-0.3, -0.25) is 4.90 Å². The van der Waals surface area contributed by atoms with Crippen molar-refractivity contribution in [3.63, 3.8) is 0 Å². The van der Waals surface area contributed by atoms with E-state index in [1.165, 1.54) is 0 Å². The molecule has 0 aliphatic rings. The third-order valence-electron chi connectivity index (χ3n) is 2.79. The van der Waals surface area contributed by atoms with Gasteiger partial charge in [-0.15, -0.1) is 0 Å². The maximum absolute atomic E-state index is 11.0. The van der Waals surface area contributed by atoms with Crippen LogP contribution in [0.4, 0.5) is 0 Å². The summed E-state index contributed by atoms with van der Waals surface area (Å²) in [6.07, 6.45) is 1.81. The molecule has 1 atom stereocenters. The first kappa shape index (κ1) is 15.2. The Bertz CT molecular complexity index is 238. The fourth-order valence-electron chi connectivity index (χ4n) is 2.24. The zero-order valence-electron chi connectivity index (χ0n) is 11.2. The number of carboxylic acid groups (broad SMARTS) is 1. The molecule has 0 aliphatic heterocycles. The van der Waals surface area contributed by atoms with Crippen LogP contribution in [0.3, 0.4) is 0 Å². The molecule has 0 aliphatic carbocycles. The summed E-state index contributed by atoms with van der Waals surface area (Å²) in [5.41, 5.74) is 0.309. The van der Waals surface area contributed by atoms with Crippen LogP contribution >= 0.6 is 0 Å². The van der Waals surface area contributed by atoms with Crippen LogP contribution in [0.15, 0.2) is 12.2 Å².